The van der Waals surface area contributed by atoms with Crippen molar-refractivity contribution >= 4 is 11.8 Å². The van der Waals surface area contributed by atoms with Crippen LogP contribution in [0.3, 0.4) is 0 Å². The fraction of sp³-hybridized carbons (Fsp3) is 0.0667. The van der Waals surface area contributed by atoms with Gasteiger partial charge in [0.05, 0.1) is 6.20 Å². The van der Waals surface area contributed by atoms with E-state index < -0.39 is 5.97 Å². The van der Waals surface area contributed by atoms with Crippen LogP contribution in [0.25, 0.3) is 22.5 Å². The van der Waals surface area contributed by atoms with Gasteiger partial charge in [0.25, 0.3) is 0 Å². The summed E-state index contributed by atoms with van der Waals surface area (Å²) in [5.74, 6) is 0.0741. The minimum absolute atomic E-state index is 0.185. The van der Waals surface area contributed by atoms with Gasteiger partial charge in [-0.1, -0.05) is 24.3 Å². The van der Waals surface area contributed by atoms with Crippen LogP contribution in [0.5, 0.6) is 0 Å². The van der Waals surface area contributed by atoms with Crippen molar-refractivity contribution in [3.8, 4) is 22.5 Å². The number of anilines is 1. The number of rotatable bonds is 5. The van der Waals surface area contributed by atoms with Crippen molar-refractivity contribution in [1.29, 1.82) is 0 Å². The van der Waals surface area contributed by atoms with Crippen molar-refractivity contribution in [2.45, 2.75) is 0 Å². The van der Waals surface area contributed by atoms with Gasteiger partial charge in [0.2, 0.25) is 0 Å². The van der Waals surface area contributed by atoms with Crippen LogP contribution in [-0.2, 0) is 4.79 Å². The Hall–Kier alpha value is -3.22. The van der Waals surface area contributed by atoms with Gasteiger partial charge in [-0.05, 0) is 11.6 Å². The van der Waals surface area contributed by atoms with E-state index in [1.807, 2.05) is 30.5 Å². The second kappa shape index (κ2) is 6.04. The lowest BCUT2D eigenvalue weighted by atomic mass is 10.1. The van der Waals surface area contributed by atoms with E-state index in [4.69, 9.17) is 5.11 Å². The molecule has 0 atom stereocenters. The molecular formula is C15H13N5O2. The van der Waals surface area contributed by atoms with Crippen LogP contribution in [-0.4, -0.2) is 37.8 Å². The number of carbonyl (C=O) groups is 1. The number of aromatic nitrogens is 4. The van der Waals surface area contributed by atoms with Gasteiger partial charge in [-0.25, -0.2) is 9.97 Å². The lowest BCUT2D eigenvalue weighted by Crippen LogP contribution is -2.13. The fourth-order valence-electron chi connectivity index (χ4n) is 1.98. The van der Waals surface area contributed by atoms with Crippen LogP contribution in [0.1, 0.15) is 0 Å². The van der Waals surface area contributed by atoms with E-state index >= 15 is 0 Å². The number of H-pyrrole nitrogens is 1. The Labute approximate surface area is 126 Å². The molecule has 0 radical (unpaired) electrons. The van der Waals surface area contributed by atoms with Crippen molar-refractivity contribution < 1.29 is 9.90 Å². The molecule has 7 heteroatoms. The van der Waals surface area contributed by atoms with Crippen molar-refractivity contribution in [3.05, 3.63) is 48.9 Å². The highest BCUT2D eigenvalue weighted by molar-refractivity contribution is 5.72. The van der Waals surface area contributed by atoms with Gasteiger partial charge in [0.15, 0.2) is 5.82 Å². The van der Waals surface area contributed by atoms with E-state index in [0.717, 1.165) is 16.7 Å². The number of carboxylic acid groups (broad SMARTS) is 1. The maximum atomic E-state index is 10.6. The molecule has 0 aliphatic carbocycles. The van der Waals surface area contributed by atoms with E-state index in [-0.39, 0.29) is 6.54 Å². The predicted octanol–water partition coefficient (Wildman–Crippen LogP) is 2.03. The monoisotopic (exact) mass is 295 g/mol. The van der Waals surface area contributed by atoms with Crippen LogP contribution in [0.15, 0.2) is 48.9 Å². The third-order valence-electron chi connectivity index (χ3n) is 3.05. The predicted molar refractivity (Wildman–Crippen MR) is 81.2 cm³/mol. The maximum Gasteiger partial charge on any atom is 0.322 e. The van der Waals surface area contributed by atoms with Gasteiger partial charge in [-0.3, -0.25) is 9.89 Å². The highest BCUT2D eigenvalue weighted by Gasteiger charge is 2.05. The molecule has 1 aromatic carbocycles. The molecule has 0 bridgehead atoms. The number of nitrogens with one attached hydrogen (secondary N) is 2. The molecule has 22 heavy (non-hydrogen) atoms. The summed E-state index contributed by atoms with van der Waals surface area (Å²) >= 11 is 0. The van der Waals surface area contributed by atoms with Crippen LogP contribution < -0.4 is 5.32 Å². The van der Waals surface area contributed by atoms with Crippen LogP contribution >= 0.6 is 0 Å². The molecule has 2 heterocycles. The molecule has 2 aromatic heterocycles. The van der Waals surface area contributed by atoms with E-state index in [1.54, 1.807) is 18.5 Å². The summed E-state index contributed by atoms with van der Waals surface area (Å²) in [5.41, 5.74) is 2.90. The summed E-state index contributed by atoms with van der Waals surface area (Å²) < 4.78 is 0. The Balaban J connectivity index is 1.82. The average molecular weight is 295 g/mol. The van der Waals surface area contributed by atoms with Gasteiger partial charge >= 0.3 is 5.97 Å². The van der Waals surface area contributed by atoms with Gasteiger partial charge < -0.3 is 10.4 Å². The number of hydrogen-bond donors (Lipinski definition) is 3. The van der Waals surface area contributed by atoms with Gasteiger partial charge in [0.1, 0.15) is 12.4 Å². The molecule has 3 aromatic rings. The summed E-state index contributed by atoms with van der Waals surface area (Å²) in [7, 11) is 0. The first kappa shape index (κ1) is 13.7. The standard InChI is InChI=1S/C15H13N5O2/c21-14(22)9-17-13-5-6-16-15(20-13)11-3-1-10(2-4-11)12-7-18-19-8-12/h1-8H,9H2,(H,18,19)(H,21,22)(H,16,17,20). The van der Waals surface area contributed by atoms with Crippen molar-refractivity contribution in [2.24, 2.45) is 0 Å². The molecule has 3 N–H and O–H groups in total. The second-order valence-electron chi connectivity index (χ2n) is 4.58. The van der Waals surface area contributed by atoms with Crippen molar-refractivity contribution in [3.63, 3.8) is 0 Å². The van der Waals surface area contributed by atoms with Gasteiger partial charge in [0, 0.05) is 23.5 Å². The van der Waals surface area contributed by atoms with Crippen LogP contribution in [0.4, 0.5) is 5.82 Å². The topological polar surface area (TPSA) is 104 Å². The zero-order valence-electron chi connectivity index (χ0n) is 11.5. The molecular weight excluding hydrogens is 282 g/mol. The summed E-state index contributed by atoms with van der Waals surface area (Å²) in [6, 6.07) is 9.38. The molecule has 3 rings (SSSR count). The fourth-order valence-corrected chi connectivity index (χ4v) is 1.98. The largest absolute Gasteiger partial charge is 0.480 e. The maximum absolute atomic E-state index is 10.6. The summed E-state index contributed by atoms with van der Waals surface area (Å²) in [5, 5.41) is 18.1. The first-order valence-electron chi connectivity index (χ1n) is 6.61. The second-order valence-corrected chi connectivity index (χ2v) is 4.58. The Morgan fingerprint density at radius 2 is 1.91 bits per heavy atom. The van der Waals surface area contributed by atoms with Gasteiger partial charge in [-0.15, -0.1) is 0 Å². The number of benzene rings is 1. The third-order valence-corrected chi connectivity index (χ3v) is 3.05. The van der Waals surface area contributed by atoms with E-state index in [2.05, 4.69) is 25.5 Å². The number of nitrogens with zero attached hydrogens (tertiary/aromatic N) is 3. The normalized spacial score (nSPS) is 10.4. The van der Waals surface area contributed by atoms with Gasteiger partial charge in [-0.2, -0.15) is 5.10 Å². The summed E-state index contributed by atoms with van der Waals surface area (Å²) in [6.45, 7) is -0.185. The van der Waals surface area contributed by atoms with E-state index in [9.17, 15) is 4.79 Å². The lowest BCUT2D eigenvalue weighted by molar-refractivity contribution is -0.134. The molecule has 0 amide bonds. The minimum Gasteiger partial charge on any atom is -0.480 e. The lowest BCUT2D eigenvalue weighted by Gasteiger charge is -2.05. The summed E-state index contributed by atoms with van der Waals surface area (Å²) in [6.07, 6.45) is 5.17. The Kier molecular flexibility index (Phi) is 3.78. The quantitative estimate of drug-likeness (QED) is 0.665. The smallest absolute Gasteiger partial charge is 0.322 e. The van der Waals surface area contributed by atoms with Crippen molar-refractivity contribution in [1.82, 2.24) is 20.2 Å². The number of carboxylic acids is 1. The van der Waals surface area contributed by atoms with Crippen LogP contribution in [0.2, 0.25) is 0 Å². The molecule has 0 fully saturated rings. The molecule has 0 aliphatic heterocycles. The molecule has 0 aliphatic rings. The highest BCUT2D eigenvalue weighted by Crippen LogP contribution is 2.22. The minimum atomic E-state index is -0.940. The SMILES string of the molecule is O=C(O)CNc1ccnc(-c2ccc(-c3cn[nH]c3)cc2)n1. The molecule has 0 unspecified atom stereocenters. The zero-order chi connectivity index (χ0) is 15.4. The average Bonchev–Trinajstić information content (AvgIpc) is 3.08. The number of aromatic amines is 1. The van der Waals surface area contributed by atoms with E-state index in [1.165, 1.54) is 0 Å². The first-order chi connectivity index (χ1) is 10.7. The molecule has 0 spiro atoms. The Morgan fingerprint density at radius 1 is 1.14 bits per heavy atom. The number of hydrogen-bond acceptors (Lipinski definition) is 5. The molecule has 0 saturated carbocycles. The summed E-state index contributed by atoms with van der Waals surface area (Å²) in [4.78, 5) is 19.1. The molecule has 110 valence electrons. The van der Waals surface area contributed by atoms with Crippen LogP contribution in [0, 0.1) is 0 Å². The number of aliphatic carboxylic acids is 1. The zero-order valence-corrected chi connectivity index (χ0v) is 11.5. The Bertz CT molecular complexity index is 769. The first-order valence-corrected chi connectivity index (χ1v) is 6.61. The Morgan fingerprint density at radius 3 is 2.59 bits per heavy atom. The highest BCUT2D eigenvalue weighted by atomic mass is 16.4. The molecule has 0 saturated heterocycles. The third kappa shape index (κ3) is 3.09. The van der Waals surface area contributed by atoms with Crippen molar-refractivity contribution in [2.75, 3.05) is 11.9 Å². The van der Waals surface area contributed by atoms with E-state index in [0.29, 0.717) is 11.6 Å². The molecule has 7 nitrogen and oxygen atoms in total.